The first-order chi connectivity index (χ1) is 11.7. The standard InChI is InChI=1S/C16H21N5O2S/c1-10-15(24-9-17-10)16(22)21-12-3-4-13(21)6-14(5-12)20-7-11(8-23-2)18-19-20/h7,9,12-14H,3-6,8H2,1-2H3. The summed E-state index contributed by atoms with van der Waals surface area (Å²) in [6.07, 6.45) is 6.00. The van der Waals surface area contributed by atoms with Crippen LogP contribution in [0, 0.1) is 6.92 Å². The number of nitrogens with zero attached hydrogens (tertiary/aromatic N) is 5. The Balaban J connectivity index is 1.51. The number of rotatable bonds is 4. The summed E-state index contributed by atoms with van der Waals surface area (Å²) in [6, 6.07) is 0.892. The Labute approximate surface area is 144 Å². The number of piperidine rings is 1. The van der Waals surface area contributed by atoms with Crippen LogP contribution in [-0.2, 0) is 11.3 Å². The lowest BCUT2D eigenvalue weighted by Crippen LogP contribution is -2.47. The largest absolute Gasteiger partial charge is 0.378 e. The number of ether oxygens (including phenoxy) is 1. The number of methoxy groups -OCH3 is 1. The van der Waals surface area contributed by atoms with Gasteiger partial charge in [-0.15, -0.1) is 16.4 Å². The molecule has 2 aliphatic heterocycles. The highest BCUT2D eigenvalue weighted by Gasteiger charge is 2.44. The summed E-state index contributed by atoms with van der Waals surface area (Å²) in [5.41, 5.74) is 3.44. The van der Waals surface area contributed by atoms with E-state index in [1.165, 1.54) is 11.3 Å². The second kappa shape index (κ2) is 6.25. The minimum Gasteiger partial charge on any atom is -0.378 e. The molecule has 2 unspecified atom stereocenters. The Kier molecular flexibility index (Phi) is 4.09. The third-order valence-corrected chi connectivity index (χ3v) is 6.02. The van der Waals surface area contributed by atoms with Crippen LogP contribution >= 0.6 is 11.3 Å². The second-order valence-corrected chi connectivity index (χ2v) is 7.47. The van der Waals surface area contributed by atoms with Crippen molar-refractivity contribution in [3.8, 4) is 0 Å². The molecule has 1 amide bonds. The van der Waals surface area contributed by atoms with Gasteiger partial charge in [0.25, 0.3) is 5.91 Å². The van der Waals surface area contributed by atoms with Crippen molar-refractivity contribution in [3.63, 3.8) is 0 Å². The van der Waals surface area contributed by atoms with Crippen LogP contribution < -0.4 is 0 Å². The molecule has 0 N–H and O–H groups in total. The third-order valence-electron chi connectivity index (χ3n) is 5.11. The maximum atomic E-state index is 12.9. The van der Waals surface area contributed by atoms with Crippen LogP contribution in [0.15, 0.2) is 11.7 Å². The summed E-state index contributed by atoms with van der Waals surface area (Å²) < 4.78 is 7.07. The smallest absolute Gasteiger partial charge is 0.266 e. The highest BCUT2D eigenvalue weighted by atomic mass is 32.1. The summed E-state index contributed by atoms with van der Waals surface area (Å²) in [6.45, 7) is 2.39. The second-order valence-electron chi connectivity index (χ2n) is 6.61. The maximum Gasteiger partial charge on any atom is 0.266 e. The molecule has 2 aromatic rings. The van der Waals surface area contributed by atoms with E-state index in [1.807, 2.05) is 17.8 Å². The van der Waals surface area contributed by atoms with Crippen molar-refractivity contribution in [2.24, 2.45) is 0 Å². The number of aromatic nitrogens is 4. The summed E-state index contributed by atoms with van der Waals surface area (Å²) in [5, 5.41) is 8.42. The summed E-state index contributed by atoms with van der Waals surface area (Å²) in [4.78, 5) is 20.0. The molecule has 7 nitrogen and oxygen atoms in total. The van der Waals surface area contributed by atoms with Crippen molar-refractivity contribution in [1.29, 1.82) is 0 Å². The van der Waals surface area contributed by atoms with E-state index in [-0.39, 0.29) is 18.0 Å². The van der Waals surface area contributed by atoms with Crippen LogP contribution in [0.3, 0.4) is 0 Å². The molecule has 2 aliphatic rings. The average Bonchev–Trinajstić information content (AvgIpc) is 3.26. The van der Waals surface area contributed by atoms with Gasteiger partial charge >= 0.3 is 0 Å². The molecular formula is C16H21N5O2S. The SMILES string of the molecule is COCc1cn(C2CC3CCC(C2)N3C(=O)c2scnc2C)nn1. The van der Waals surface area contributed by atoms with Gasteiger partial charge in [0.05, 0.1) is 30.1 Å². The van der Waals surface area contributed by atoms with Crippen molar-refractivity contribution < 1.29 is 9.53 Å². The number of fused-ring (bicyclic) bond motifs is 2. The van der Waals surface area contributed by atoms with E-state index in [1.54, 1.807) is 12.6 Å². The molecule has 2 atom stereocenters. The number of hydrogen-bond acceptors (Lipinski definition) is 6. The molecule has 2 bridgehead atoms. The topological polar surface area (TPSA) is 73.1 Å². The molecule has 24 heavy (non-hydrogen) atoms. The van der Waals surface area contributed by atoms with Gasteiger partial charge < -0.3 is 9.64 Å². The first kappa shape index (κ1) is 15.7. The number of carbonyl (C=O) groups excluding carboxylic acids is 1. The zero-order valence-electron chi connectivity index (χ0n) is 13.9. The average molecular weight is 347 g/mol. The fraction of sp³-hybridized carbons (Fsp3) is 0.625. The minimum absolute atomic E-state index is 0.152. The lowest BCUT2D eigenvalue weighted by atomic mass is 9.97. The molecule has 2 fully saturated rings. The Morgan fingerprint density at radius 2 is 2.08 bits per heavy atom. The van der Waals surface area contributed by atoms with Crippen molar-refractivity contribution in [3.05, 3.63) is 28.0 Å². The third kappa shape index (κ3) is 2.63. The first-order valence-corrected chi connectivity index (χ1v) is 9.17. The number of aryl methyl sites for hydroxylation is 1. The number of amides is 1. The molecule has 0 radical (unpaired) electrons. The summed E-state index contributed by atoms with van der Waals surface area (Å²) in [5.74, 6) is 0.152. The molecule has 128 valence electrons. The maximum absolute atomic E-state index is 12.9. The van der Waals surface area contributed by atoms with Gasteiger partial charge in [0.1, 0.15) is 10.6 Å². The van der Waals surface area contributed by atoms with Gasteiger partial charge in [-0.05, 0) is 32.6 Å². The Bertz CT molecular complexity index is 728. The van der Waals surface area contributed by atoms with Gasteiger partial charge in [-0.25, -0.2) is 9.67 Å². The molecular weight excluding hydrogens is 326 g/mol. The van der Waals surface area contributed by atoms with Gasteiger partial charge in [0.15, 0.2) is 0 Å². The van der Waals surface area contributed by atoms with Crippen molar-refractivity contribution in [2.45, 2.75) is 57.3 Å². The van der Waals surface area contributed by atoms with Gasteiger partial charge in [0, 0.05) is 19.2 Å². The van der Waals surface area contributed by atoms with E-state index in [0.717, 1.165) is 41.9 Å². The highest BCUT2D eigenvalue weighted by molar-refractivity contribution is 7.11. The minimum atomic E-state index is 0.152. The van der Waals surface area contributed by atoms with E-state index < -0.39 is 0 Å². The van der Waals surface area contributed by atoms with Crippen LogP contribution in [0.4, 0.5) is 0 Å². The molecule has 0 aliphatic carbocycles. The molecule has 2 saturated heterocycles. The van der Waals surface area contributed by atoms with E-state index in [0.29, 0.717) is 12.6 Å². The quantitative estimate of drug-likeness (QED) is 0.848. The van der Waals surface area contributed by atoms with Crippen molar-refractivity contribution >= 4 is 17.2 Å². The molecule has 0 saturated carbocycles. The number of thiazole rings is 1. The van der Waals surface area contributed by atoms with E-state index >= 15 is 0 Å². The van der Waals surface area contributed by atoms with Crippen LogP contribution in [0.5, 0.6) is 0 Å². The summed E-state index contributed by atoms with van der Waals surface area (Å²) >= 11 is 1.45. The molecule has 8 heteroatoms. The first-order valence-electron chi connectivity index (χ1n) is 8.29. The van der Waals surface area contributed by atoms with Crippen LogP contribution in [0.1, 0.15) is 52.8 Å². The van der Waals surface area contributed by atoms with Crippen LogP contribution in [0.2, 0.25) is 0 Å². The van der Waals surface area contributed by atoms with E-state index in [2.05, 4.69) is 20.2 Å². The molecule has 2 aromatic heterocycles. The van der Waals surface area contributed by atoms with Gasteiger partial charge in [-0.3, -0.25) is 4.79 Å². The summed E-state index contributed by atoms with van der Waals surface area (Å²) in [7, 11) is 1.66. The lowest BCUT2D eigenvalue weighted by molar-refractivity contribution is 0.0527. The molecule has 0 spiro atoms. The van der Waals surface area contributed by atoms with Crippen molar-refractivity contribution in [2.75, 3.05) is 7.11 Å². The highest BCUT2D eigenvalue weighted by Crippen LogP contribution is 2.41. The lowest BCUT2D eigenvalue weighted by Gasteiger charge is -2.38. The fourth-order valence-corrected chi connectivity index (χ4v) is 4.77. The zero-order chi connectivity index (χ0) is 16.7. The fourth-order valence-electron chi connectivity index (χ4n) is 4.03. The predicted molar refractivity (Wildman–Crippen MR) is 88.8 cm³/mol. The van der Waals surface area contributed by atoms with Crippen LogP contribution in [-0.4, -0.2) is 50.0 Å². The van der Waals surface area contributed by atoms with Gasteiger partial charge in [0.2, 0.25) is 0 Å². The Morgan fingerprint density at radius 3 is 2.71 bits per heavy atom. The molecule has 0 aromatic carbocycles. The Hall–Kier alpha value is -1.80. The number of carbonyl (C=O) groups is 1. The van der Waals surface area contributed by atoms with Gasteiger partial charge in [-0.1, -0.05) is 5.21 Å². The zero-order valence-corrected chi connectivity index (χ0v) is 14.7. The number of hydrogen-bond donors (Lipinski definition) is 0. The predicted octanol–water partition coefficient (Wildman–Crippen LogP) is 2.20. The molecule has 4 rings (SSSR count). The molecule has 4 heterocycles. The monoisotopic (exact) mass is 347 g/mol. The van der Waals surface area contributed by atoms with Crippen molar-refractivity contribution in [1.82, 2.24) is 24.9 Å². The van der Waals surface area contributed by atoms with E-state index in [9.17, 15) is 4.79 Å². The Morgan fingerprint density at radius 1 is 1.33 bits per heavy atom. The normalized spacial score (nSPS) is 26.1. The van der Waals surface area contributed by atoms with E-state index in [4.69, 9.17) is 4.74 Å². The van der Waals surface area contributed by atoms with Crippen LogP contribution in [0.25, 0.3) is 0 Å². The van der Waals surface area contributed by atoms with Gasteiger partial charge in [-0.2, -0.15) is 0 Å².